The fourth-order valence-corrected chi connectivity index (χ4v) is 4.61. The molecule has 2 aliphatic heterocycles. The number of fused-ring (bicyclic) bond motifs is 1. The number of hydrogen-bond acceptors (Lipinski definition) is 4. The number of piperidine rings is 1. The highest BCUT2D eigenvalue weighted by molar-refractivity contribution is 14.1. The maximum atomic E-state index is 9.10. The van der Waals surface area contributed by atoms with Crippen LogP contribution in [0.5, 0.6) is 0 Å². The summed E-state index contributed by atoms with van der Waals surface area (Å²) in [5, 5.41) is 12.6. The van der Waals surface area contributed by atoms with Gasteiger partial charge in [-0.1, -0.05) is 18.2 Å². The zero-order chi connectivity index (χ0) is 20.1. The van der Waals surface area contributed by atoms with Crippen molar-refractivity contribution in [1.29, 1.82) is 0 Å². The van der Waals surface area contributed by atoms with Crippen molar-refractivity contribution >= 4 is 40.1 Å². The van der Waals surface area contributed by atoms with Crippen molar-refractivity contribution in [3.63, 3.8) is 0 Å². The van der Waals surface area contributed by atoms with Crippen LogP contribution in [0.4, 0.5) is 5.69 Å². The fourth-order valence-electron chi connectivity index (χ4n) is 4.12. The van der Waals surface area contributed by atoms with Crippen LogP contribution in [0.3, 0.4) is 0 Å². The first-order valence-corrected chi connectivity index (χ1v) is 11.5. The van der Waals surface area contributed by atoms with Crippen LogP contribution in [0.15, 0.2) is 53.7 Å². The van der Waals surface area contributed by atoms with Gasteiger partial charge in [-0.25, -0.2) is 0 Å². The number of hydrogen-bond donors (Lipinski definition) is 2. The minimum absolute atomic E-state index is 0.326. The van der Waals surface area contributed by atoms with Crippen LogP contribution in [0.25, 0.3) is 5.57 Å². The molecule has 5 heteroatoms. The quantitative estimate of drug-likeness (QED) is 0.561. The number of likely N-dealkylation sites (tertiary alicyclic amines) is 1. The number of benzene rings is 2. The van der Waals surface area contributed by atoms with Gasteiger partial charge in [0.2, 0.25) is 0 Å². The Morgan fingerprint density at radius 2 is 1.93 bits per heavy atom. The lowest BCUT2D eigenvalue weighted by Gasteiger charge is -2.31. The van der Waals surface area contributed by atoms with Crippen molar-refractivity contribution in [3.8, 4) is 0 Å². The first-order valence-electron chi connectivity index (χ1n) is 10.4. The summed E-state index contributed by atoms with van der Waals surface area (Å²) >= 11 is 2.36. The van der Waals surface area contributed by atoms with E-state index in [0.29, 0.717) is 19.1 Å². The van der Waals surface area contributed by atoms with Crippen LogP contribution in [-0.2, 0) is 6.54 Å². The highest BCUT2D eigenvalue weighted by Gasteiger charge is 2.18. The summed E-state index contributed by atoms with van der Waals surface area (Å²) in [6.45, 7) is 4.32. The van der Waals surface area contributed by atoms with Crippen LogP contribution in [0.2, 0.25) is 0 Å². The van der Waals surface area contributed by atoms with E-state index in [-0.39, 0.29) is 0 Å². The van der Waals surface area contributed by atoms with Crippen LogP contribution in [-0.4, -0.2) is 42.5 Å². The number of rotatable bonds is 6. The van der Waals surface area contributed by atoms with Gasteiger partial charge < -0.3 is 10.4 Å². The normalized spacial score (nSPS) is 18.8. The van der Waals surface area contributed by atoms with Gasteiger partial charge in [0, 0.05) is 34.8 Å². The van der Waals surface area contributed by atoms with E-state index in [2.05, 4.69) is 86.5 Å². The van der Waals surface area contributed by atoms with Crippen LogP contribution < -0.4 is 5.32 Å². The third-order valence-corrected chi connectivity index (χ3v) is 6.54. The summed E-state index contributed by atoms with van der Waals surface area (Å²) in [6, 6.07) is 15.2. The second-order valence-corrected chi connectivity index (χ2v) is 9.19. The van der Waals surface area contributed by atoms with Gasteiger partial charge in [-0.05, 0) is 107 Å². The topological polar surface area (TPSA) is 47.9 Å². The van der Waals surface area contributed by atoms with E-state index in [1.165, 1.54) is 38.7 Å². The summed E-state index contributed by atoms with van der Waals surface area (Å²) in [5.74, 6) is 0.702. The van der Waals surface area contributed by atoms with Crippen LogP contribution >= 0.6 is 22.6 Å². The lowest BCUT2D eigenvalue weighted by molar-refractivity contribution is 0.153. The van der Waals surface area contributed by atoms with Crippen molar-refractivity contribution < 1.29 is 5.11 Å². The number of nitrogens with zero attached hydrogens (tertiary/aromatic N) is 2. The molecule has 2 aromatic carbocycles. The zero-order valence-corrected chi connectivity index (χ0v) is 18.8. The van der Waals surface area contributed by atoms with Gasteiger partial charge in [-0.15, -0.1) is 0 Å². The number of aliphatic imine (C=N–C) groups is 1. The third-order valence-electron chi connectivity index (χ3n) is 5.87. The lowest BCUT2D eigenvalue weighted by atomic mass is 9.94. The maximum absolute atomic E-state index is 9.10. The summed E-state index contributed by atoms with van der Waals surface area (Å²) in [6.07, 6.45) is 7.42. The van der Waals surface area contributed by atoms with E-state index in [1.54, 1.807) is 0 Å². The molecule has 0 bridgehead atoms. The van der Waals surface area contributed by atoms with Crippen molar-refractivity contribution in [2.75, 3.05) is 31.6 Å². The maximum Gasteiger partial charge on any atom is 0.0660 e. The Kier molecular flexibility index (Phi) is 7.00. The minimum atomic E-state index is 0.326. The smallest absolute Gasteiger partial charge is 0.0660 e. The van der Waals surface area contributed by atoms with E-state index >= 15 is 0 Å². The van der Waals surface area contributed by atoms with Crippen LogP contribution in [0, 0.1) is 9.49 Å². The molecular weight excluding hydrogens is 473 g/mol. The number of aliphatic hydroxyl groups excluding tert-OH is 1. The monoisotopic (exact) mass is 501 g/mol. The largest absolute Gasteiger partial charge is 0.396 e. The molecule has 2 heterocycles. The SMILES string of the molecule is OCCC1CCN(Cc2ccc(N/C=C3\CN=Cc4ccc(I)cc43)cc2)CC1. The van der Waals surface area contributed by atoms with Gasteiger partial charge in [0.05, 0.1) is 6.54 Å². The second kappa shape index (κ2) is 9.87. The predicted octanol–water partition coefficient (Wildman–Crippen LogP) is 4.77. The van der Waals surface area contributed by atoms with E-state index in [1.807, 2.05) is 6.21 Å². The summed E-state index contributed by atoms with van der Waals surface area (Å²) in [4.78, 5) is 7.01. The van der Waals surface area contributed by atoms with E-state index in [9.17, 15) is 0 Å². The van der Waals surface area contributed by atoms with E-state index in [0.717, 1.165) is 31.7 Å². The Morgan fingerprint density at radius 1 is 1.14 bits per heavy atom. The molecular formula is C24H28IN3O. The molecule has 0 aromatic heterocycles. The molecule has 4 nitrogen and oxygen atoms in total. The van der Waals surface area contributed by atoms with Gasteiger partial charge >= 0.3 is 0 Å². The summed E-state index contributed by atoms with van der Waals surface area (Å²) in [5.41, 5.74) is 6.12. The molecule has 0 spiro atoms. The van der Waals surface area contributed by atoms with E-state index in [4.69, 9.17) is 5.11 Å². The van der Waals surface area contributed by atoms with Crippen LogP contribution in [0.1, 0.15) is 36.0 Å². The average Bonchev–Trinajstić information content (AvgIpc) is 2.75. The standard InChI is InChI=1S/C24H28IN3O/c25-22-4-3-20-14-26-15-21(24(20)13-22)16-27-23-5-1-19(2-6-23)17-28-10-7-18(8-11-28)9-12-29/h1-6,13-14,16,18,27,29H,7-12,15,17H2/b21-16+. The number of nitrogens with one attached hydrogen (secondary N) is 1. The second-order valence-electron chi connectivity index (χ2n) is 7.94. The van der Waals surface area contributed by atoms with Crippen molar-refractivity contribution in [2.45, 2.75) is 25.8 Å². The molecule has 2 aromatic rings. The molecule has 2 aliphatic rings. The molecule has 152 valence electrons. The Bertz CT molecular complexity index is 883. The molecule has 0 radical (unpaired) electrons. The lowest BCUT2D eigenvalue weighted by Crippen LogP contribution is -2.33. The Hall–Kier alpha value is -1.70. The first-order chi connectivity index (χ1) is 14.2. The molecule has 0 atom stereocenters. The average molecular weight is 501 g/mol. The fraction of sp³-hybridized carbons (Fsp3) is 0.375. The van der Waals surface area contributed by atoms with E-state index < -0.39 is 0 Å². The number of aliphatic hydroxyl groups is 1. The molecule has 0 unspecified atom stereocenters. The highest BCUT2D eigenvalue weighted by atomic mass is 127. The summed E-state index contributed by atoms with van der Waals surface area (Å²) in [7, 11) is 0. The molecule has 0 amide bonds. The van der Waals surface area contributed by atoms with Crippen molar-refractivity contribution in [2.24, 2.45) is 10.9 Å². The molecule has 29 heavy (non-hydrogen) atoms. The van der Waals surface area contributed by atoms with Gasteiger partial charge in [0.1, 0.15) is 0 Å². The Balaban J connectivity index is 1.34. The predicted molar refractivity (Wildman–Crippen MR) is 129 cm³/mol. The Labute approximate surface area is 186 Å². The molecule has 2 N–H and O–H groups in total. The molecule has 1 fully saturated rings. The highest BCUT2D eigenvalue weighted by Crippen LogP contribution is 2.25. The summed E-state index contributed by atoms with van der Waals surface area (Å²) < 4.78 is 1.24. The van der Waals surface area contributed by atoms with Crippen molar-refractivity contribution in [3.05, 3.63) is 68.9 Å². The minimum Gasteiger partial charge on any atom is -0.396 e. The molecule has 4 rings (SSSR count). The van der Waals surface area contributed by atoms with Gasteiger partial charge in [-0.3, -0.25) is 9.89 Å². The van der Waals surface area contributed by atoms with Gasteiger partial charge in [-0.2, -0.15) is 0 Å². The molecule has 0 saturated carbocycles. The van der Waals surface area contributed by atoms with Gasteiger partial charge in [0.15, 0.2) is 0 Å². The van der Waals surface area contributed by atoms with Gasteiger partial charge in [0.25, 0.3) is 0 Å². The Morgan fingerprint density at radius 3 is 2.69 bits per heavy atom. The third kappa shape index (κ3) is 5.47. The van der Waals surface area contributed by atoms with Crippen molar-refractivity contribution in [1.82, 2.24) is 4.90 Å². The molecule has 1 saturated heterocycles. The first kappa shape index (κ1) is 20.6. The molecule has 0 aliphatic carbocycles. The number of anilines is 1. The zero-order valence-electron chi connectivity index (χ0n) is 16.6. The number of halogens is 1.